The van der Waals surface area contributed by atoms with E-state index < -0.39 is 0 Å². The van der Waals surface area contributed by atoms with Gasteiger partial charge in [-0.25, -0.2) is 0 Å². The third kappa shape index (κ3) is 3.71. The molecule has 2 aliphatic rings. The van der Waals surface area contributed by atoms with Crippen molar-refractivity contribution in [1.82, 2.24) is 34.4 Å². The van der Waals surface area contributed by atoms with E-state index in [1.54, 1.807) is 18.5 Å². The highest BCUT2D eigenvalue weighted by Crippen LogP contribution is 2.30. The maximum atomic E-state index is 13.7. The Balaban J connectivity index is 1.24. The summed E-state index contributed by atoms with van der Waals surface area (Å²) in [7, 11) is 0. The number of benzene rings is 1. The zero-order chi connectivity index (χ0) is 25.8. The number of carbonyl (C=O) groups excluding carboxylic acids is 1. The average molecular weight is 510 g/mol. The number of carbonyl (C=O) groups is 1. The van der Waals surface area contributed by atoms with Crippen molar-refractivity contribution in [3.05, 3.63) is 81.3 Å². The van der Waals surface area contributed by atoms with Crippen LogP contribution in [0, 0.1) is 6.92 Å². The Morgan fingerprint density at radius 3 is 2.71 bits per heavy atom. The molecule has 10 heteroatoms. The quantitative estimate of drug-likeness (QED) is 0.385. The molecular formula is C28H27N7O3. The number of fused-ring (bicyclic) bond motifs is 4. The van der Waals surface area contributed by atoms with Gasteiger partial charge in [-0.1, -0.05) is 0 Å². The third-order valence-corrected chi connectivity index (χ3v) is 7.80. The first-order chi connectivity index (χ1) is 18.6. The SMILES string of the molecule is Cc1cc2c(cc1C(=O)N1CCc3[nH]c(-c4ccncc4)cc3C1)[nH]c(=O)c1nnc(C3CCOCC3)n12. The minimum Gasteiger partial charge on any atom is -0.381 e. The van der Waals surface area contributed by atoms with Gasteiger partial charge in [-0.2, -0.15) is 0 Å². The number of amides is 1. The zero-order valence-corrected chi connectivity index (χ0v) is 21.0. The van der Waals surface area contributed by atoms with Crippen LogP contribution in [0.3, 0.4) is 0 Å². The van der Waals surface area contributed by atoms with Crippen molar-refractivity contribution >= 4 is 22.6 Å². The lowest BCUT2D eigenvalue weighted by Crippen LogP contribution is -2.36. The van der Waals surface area contributed by atoms with E-state index in [0.717, 1.165) is 58.7 Å². The first-order valence-corrected chi connectivity index (χ1v) is 13.0. The van der Waals surface area contributed by atoms with E-state index in [2.05, 4.69) is 31.2 Å². The van der Waals surface area contributed by atoms with Gasteiger partial charge in [0.05, 0.1) is 11.0 Å². The maximum Gasteiger partial charge on any atom is 0.294 e. The first kappa shape index (κ1) is 22.9. The molecule has 0 bridgehead atoms. The topological polar surface area (TPSA) is 121 Å². The summed E-state index contributed by atoms with van der Waals surface area (Å²) in [5.74, 6) is 0.904. The van der Waals surface area contributed by atoms with E-state index in [9.17, 15) is 9.59 Å². The number of aromatic nitrogens is 6. The highest BCUT2D eigenvalue weighted by molar-refractivity contribution is 5.99. The maximum absolute atomic E-state index is 13.7. The van der Waals surface area contributed by atoms with Crippen LogP contribution in [0.4, 0.5) is 0 Å². The standard InChI is InChI=1S/C28H27N7O3/c1-16-12-24-23(31-27(36)26-33-32-25(35(24)26)18-5-10-38-11-6-18)14-20(16)28(37)34-9-4-21-19(15-34)13-22(30-21)17-2-7-29-8-3-17/h2-3,7-8,12-14,18,30H,4-6,9-11,15H2,1H3,(H,31,36). The summed E-state index contributed by atoms with van der Waals surface area (Å²) in [6.45, 7) is 4.42. The van der Waals surface area contributed by atoms with Crippen molar-refractivity contribution in [1.29, 1.82) is 0 Å². The van der Waals surface area contributed by atoms with Gasteiger partial charge in [-0.3, -0.25) is 19.0 Å². The van der Waals surface area contributed by atoms with Crippen molar-refractivity contribution in [3.8, 4) is 11.3 Å². The van der Waals surface area contributed by atoms with Crippen molar-refractivity contribution in [3.63, 3.8) is 0 Å². The number of aromatic amines is 2. The van der Waals surface area contributed by atoms with Crippen LogP contribution >= 0.6 is 0 Å². The molecule has 6 heterocycles. The Bertz CT molecular complexity index is 1750. The molecule has 192 valence electrons. The molecule has 1 amide bonds. The van der Waals surface area contributed by atoms with E-state index >= 15 is 0 Å². The molecule has 2 aliphatic heterocycles. The molecule has 38 heavy (non-hydrogen) atoms. The summed E-state index contributed by atoms with van der Waals surface area (Å²) >= 11 is 0. The van der Waals surface area contributed by atoms with Gasteiger partial charge in [-0.15, -0.1) is 10.2 Å². The van der Waals surface area contributed by atoms with Gasteiger partial charge in [0.1, 0.15) is 5.82 Å². The Kier molecular flexibility index (Phi) is 5.36. The predicted molar refractivity (Wildman–Crippen MR) is 141 cm³/mol. The predicted octanol–water partition coefficient (Wildman–Crippen LogP) is 3.36. The number of hydrogen-bond donors (Lipinski definition) is 2. The largest absolute Gasteiger partial charge is 0.381 e. The molecule has 1 saturated heterocycles. The molecular weight excluding hydrogens is 482 g/mol. The molecule has 0 spiro atoms. The van der Waals surface area contributed by atoms with Gasteiger partial charge >= 0.3 is 0 Å². The van der Waals surface area contributed by atoms with Gasteiger partial charge < -0.3 is 19.6 Å². The fourth-order valence-corrected chi connectivity index (χ4v) is 5.75. The minimum absolute atomic E-state index is 0.0453. The van der Waals surface area contributed by atoms with Crippen LogP contribution in [-0.4, -0.2) is 60.1 Å². The van der Waals surface area contributed by atoms with Crippen molar-refractivity contribution in [2.45, 2.75) is 38.6 Å². The normalized spacial score (nSPS) is 16.3. The molecule has 7 rings (SSSR count). The van der Waals surface area contributed by atoms with Crippen molar-refractivity contribution in [2.75, 3.05) is 19.8 Å². The van der Waals surface area contributed by atoms with Crippen LogP contribution in [0.25, 0.3) is 27.9 Å². The monoisotopic (exact) mass is 509 g/mol. The Hall–Kier alpha value is -4.31. The molecule has 0 aliphatic carbocycles. The lowest BCUT2D eigenvalue weighted by Gasteiger charge is -2.27. The molecule has 0 saturated carbocycles. The van der Waals surface area contributed by atoms with Gasteiger partial charge in [0, 0.05) is 73.6 Å². The number of rotatable bonds is 3. The number of nitrogens with zero attached hydrogens (tertiary/aromatic N) is 5. The van der Waals surface area contributed by atoms with Crippen LogP contribution < -0.4 is 5.56 Å². The van der Waals surface area contributed by atoms with E-state index in [1.807, 2.05) is 34.4 Å². The molecule has 5 aromatic rings. The molecule has 0 atom stereocenters. The fourth-order valence-electron chi connectivity index (χ4n) is 5.75. The highest BCUT2D eigenvalue weighted by atomic mass is 16.5. The highest BCUT2D eigenvalue weighted by Gasteiger charge is 2.27. The summed E-state index contributed by atoms with van der Waals surface area (Å²) in [6, 6.07) is 9.83. The summed E-state index contributed by atoms with van der Waals surface area (Å²) in [4.78, 5) is 39.1. The number of aryl methyl sites for hydroxylation is 1. The molecule has 2 N–H and O–H groups in total. The molecule has 0 unspecified atom stereocenters. The number of ether oxygens (including phenoxy) is 1. The van der Waals surface area contributed by atoms with Crippen LogP contribution in [-0.2, 0) is 17.7 Å². The zero-order valence-electron chi connectivity index (χ0n) is 21.0. The van der Waals surface area contributed by atoms with E-state index in [-0.39, 0.29) is 23.0 Å². The second-order valence-corrected chi connectivity index (χ2v) is 10.1. The number of hydrogen-bond acceptors (Lipinski definition) is 6. The second-order valence-electron chi connectivity index (χ2n) is 10.1. The van der Waals surface area contributed by atoms with E-state index in [4.69, 9.17) is 4.74 Å². The second kappa shape index (κ2) is 8.91. The van der Waals surface area contributed by atoms with E-state index in [0.29, 0.717) is 37.4 Å². The lowest BCUT2D eigenvalue weighted by atomic mass is 9.99. The number of H-pyrrole nitrogens is 2. The van der Waals surface area contributed by atoms with Crippen LogP contribution in [0.1, 0.15) is 51.8 Å². The molecule has 1 aromatic carbocycles. The average Bonchev–Trinajstić information content (AvgIpc) is 3.59. The fraction of sp³-hybridized carbons (Fsp3) is 0.321. The molecule has 0 radical (unpaired) electrons. The van der Waals surface area contributed by atoms with Gasteiger partial charge in [0.15, 0.2) is 0 Å². The summed E-state index contributed by atoms with van der Waals surface area (Å²) in [5, 5.41) is 8.59. The minimum atomic E-state index is -0.316. The van der Waals surface area contributed by atoms with Gasteiger partial charge in [0.25, 0.3) is 11.5 Å². The third-order valence-electron chi connectivity index (χ3n) is 7.80. The van der Waals surface area contributed by atoms with Crippen LogP contribution in [0.5, 0.6) is 0 Å². The van der Waals surface area contributed by atoms with Crippen LogP contribution in [0.15, 0.2) is 47.5 Å². The number of nitrogens with one attached hydrogen (secondary N) is 2. The van der Waals surface area contributed by atoms with Crippen molar-refractivity contribution in [2.24, 2.45) is 0 Å². The Morgan fingerprint density at radius 2 is 1.89 bits per heavy atom. The van der Waals surface area contributed by atoms with Crippen molar-refractivity contribution < 1.29 is 9.53 Å². The Labute approximate surface area is 217 Å². The summed E-state index contributed by atoms with van der Waals surface area (Å²) in [5.41, 5.74) is 7.18. The molecule has 10 nitrogen and oxygen atoms in total. The smallest absolute Gasteiger partial charge is 0.294 e. The van der Waals surface area contributed by atoms with E-state index in [1.165, 1.54) is 0 Å². The Morgan fingerprint density at radius 1 is 1.08 bits per heavy atom. The number of pyridine rings is 1. The molecule has 4 aromatic heterocycles. The first-order valence-electron chi connectivity index (χ1n) is 13.0. The molecule has 1 fully saturated rings. The summed E-state index contributed by atoms with van der Waals surface area (Å²) < 4.78 is 7.37. The van der Waals surface area contributed by atoms with Gasteiger partial charge in [-0.05, 0) is 61.2 Å². The summed E-state index contributed by atoms with van der Waals surface area (Å²) in [6.07, 6.45) is 5.98. The van der Waals surface area contributed by atoms with Gasteiger partial charge in [0.2, 0.25) is 5.65 Å². The van der Waals surface area contributed by atoms with Crippen LogP contribution in [0.2, 0.25) is 0 Å². The lowest BCUT2D eigenvalue weighted by molar-refractivity contribution is 0.0733.